The Bertz CT molecular complexity index is 356. The van der Waals surface area contributed by atoms with Gasteiger partial charge in [-0.15, -0.1) is 0 Å². The third kappa shape index (κ3) is 2.33. The van der Waals surface area contributed by atoms with Crippen LogP contribution in [0.2, 0.25) is 0 Å². The SMILES string of the molecule is O[C@@H]1CCN[C@H](c2cc(F)ccc2F)C1. The molecule has 0 spiro atoms. The maximum atomic E-state index is 13.4. The van der Waals surface area contributed by atoms with Crippen LogP contribution < -0.4 is 5.32 Å². The summed E-state index contributed by atoms with van der Waals surface area (Å²) >= 11 is 0. The second kappa shape index (κ2) is 4.24. The number of rotatable bonds is 1. The number of aliphatic hydroxyl groups is 1. The summed E-state index contributed by atoms with van der Waals surface area (Å²) in [6, 6.07) is 3.11. The van der Waals surface area contributed by atoms with Crippen LogP contribution in [0.3, 0.4) is 0 Å². The van der Waals surface area contributed by atoms with Crippen molar-refractivity contribution in [1.82, 2.24) is 5.32 Å². The van der Waals surface area contributed by atoms with Gasteiger partial charge in [-0.05, 0) is 37.6 Å². The summed E-state index contributed by atoms with van der Waals surface area (Å²) in [5.41, 5.74) is 0.300. The molecule has 82 valence electrons. The molecule has 0 bridgehead atoms. The molecule has 0 amide bonds. The van der Waals surface area contributed by atoms with Crippen molar-refractivity contribution in [1.29, 1.82) is 0 Å². The van der Waals surface area contributed by atoms with Gasteiger partial charge in [-0.25, -0.2) is 8.78 Å². The molecule has 1 aliphatic rings. The van der Waals surface area contributed by atoms with E-state index < -0.39 is 17.7 Å². The number of benzene rings is 1. The molecule has 0 unspecified atom stereocenters. The van der Waals surface area contributed by atoms with E-state index in [-0.39, 0.29) is 6.04 Å². The monoisotopic (exact) mass is 213 g/mol. The van der Waals surface area contributed by atoms with Crippen molar-refractivity contribution in [2.75, 3.05) is 6.54 Å². The van der Waals surface area contributed by atoms with Gasteiger partial charge in [0.05, 0.1) is 6.10 Å². The van der Waals surface area contributed by atoms with Crippen LogP contribution in [-0.2, 0) is 0 Å². The van der Waals surface area contributed by atoms with E-state index in [1.807, 2.05) is 0 Å². The Balaban J connectivity index is 2.24. The van der Waals surface area contributed by atoms with Gasteiger partial charge in [0, 0.05) is 11.6 Å². The zero-order chi connectivity index (χ0) is 10.8. The molecule has 1 aromatic rings. The minimum atomic E-state index is -0.451. The Morgan fingerprint density at radius 1 is 1.33 bits per heavy atom. The van der Waals surface area contributed by atoms with E-state index in [9.17, 15) is 13.9 Å². The predicted molar refractivity (Wildman–Crippen MR) is 52.3 cm³/mol. The van der Waals surface area contributed by atoms with E-state index in [1.165, 1.54) is 6.07 Å². The summed E-state index contributed by atoms with van der Waals surface area (Å²) in [5.74, 6) is -0.878. The highest BCUT2D eigenvalue weighted by Gasteiger charge is 2.23. The molecule has 0 saturated carbocycles. The first-order valence-corrected chi connectivity index (χ1v) is 5.03. The van der Waals surface area contributed by atoms with E-state index in [0.29, 0.717) is 24.9 Å². The lowest BCUT2D eigenvalue weighted by Crippen LogP contribution is -2.34. The number of hydrogen-bond acceptors (Lipinski definition) is 2. The van der Waals surface area contributed by atoms with Crippen LogP contribution in [0.5, 0.6) is 0 Å². The molecule has 2 rings (SSSR count). The summed E-state index contributed by atoms with van der Waals surface area (Å²) in [7, 11) is 0. The maximum Gasteiger partial charge on any atom is 0.128 e. The summed E-state index contributed by atoms with van der Waals surface area (Å²) < 4.78 is 26.3. The first kappa shape index (κ1) is 10.5. The molecule has 1 heterocycles. The van der Waals surface area contributed by atoms with Crippen molar-refractivity contribution < 1.29 is 13.9 Å². The maximum absolute atomic E-state index is 13.4. The molecule has 1 fully saturated rings. The van der Waals surface area contributed by atoms with Gasteiger partial charge in [0.25, 0.3) is 0 Å². The molecule has 2 atom stereocenters. The number of aliphatic hydroxyl groups excluding tert-OH is 1. The highest BCUT2D eigenvalue weighted by molar-refractivity contribution is 5.23. The molecule has 0 aliphatic carbocycles. The Morgan fingerprint density at radius 2 is 2.13 bits per heavy atom. The quantitative estimate of drug-likeness (QED) is 0.745. The van der Waals surface area contributed by atoms with Gasteiger partial charge in [-0.2, -0.15) is 0 Å². The number of nitrogens with one attached hydrogen (secondary N) is 1. The number of piperidine rings is 1. The lowest BCUT2D eigenvalue weighted by molar-refractivity contribution is 0.116. The van der Waals surface area contributed by atoms with Gasteiger partial charge >= 0.3 is 0 Å². The van der Waals surface area contributed by atoms with Crippen LogP contribution in [0.1, 0.15) is 24.4 Å². The standard InChI is InChI=1S/C11H13F2NO/c12-7-1-2-10(13)9(5-7)11-6-8(15)3-4-14-11/h1-2,5,8,11,14-15H,3-4,6H2/t8-,11+/m1/s1. The average Bonchev–Trinajstić information content (AvgIpc) is 2.22. The Labute approximate surface area is 86.9 Å². The van der Waals surface area contributed by atoms with Gasteiger partial charge in [0.15, 0.2) is 0 Å². The fourth-order valence-electron chi connectivity index (χ4n) is 1.92. The van der Waals surface area contributed by atoms with E-state index in [0.717, 1.165) is 12.1 Å². The normalized spacial score (nSPS) is 26.6. The first-order valence-electron chi connectivity index (χ1n) is 5.03. The van der Waals surface area contributed by atoms with Gasteiger partial charge in [-0.3, -0.25) is 0 Å². The van der Waals surface area contributed by atoms with E-state index in [1.54, 1.807) is 0 Å². The van der Waals surface area contributed by atoms with E-state index >= 15 is 0 Å². The first-order chi connectivity index (χ1) is 7.16. The highest BCUT2D eigenvalue weighted by Crippen LogP contribution is 2.25. The fraction of sp³-hybridized carbons (Fsp3) is 0.455. The topological polar surface area (TPSA) is 32.3 Å². The Hall–Kier alpha value is -1.00. The molecule has 2 nitrogen and oxygen atoms in total. The smallest absolute Gasteiger partial charge is 0.128 e. The van der Waals surface area contributed by atoms with Crippen molar-refractivity contribution in [2.45, 2.75) is 25.0 Å². The summed E-state index contributed by atoms with van der Waals surface area (Å²) in [5, 5.41) is 12.5. The lowest BCUT2D eigenvalue weighted by atomic mass is 9.95. The summed E-state index contributed by atoms with van der Waals surface area (Å²) in [6.45, 7) is 0.627. The third-order valence-electron chi connectivity index (χ3n) is 2.71. The van der Waals surface area contributed by atoms with E-state index in [4.69, 9.17) is 0 Å². The minimum Gasteiger partial charge on any atom is -0.393 e. The van der Waals surface area contributed by atoms with Gasteiger partial charge < -0.3 is 10.4 Å². The van der Waals surface area contributed by atoms with Crippen molar-refractivity contribution in [2.24, 2.45) is 0 Å². The van der Waals surface area contributed by atoms with Gasteiger partial charge in [-0.1, -0.05) is 0 Å². The van der Waals surface area contributed by atoms with Crippen LogP contribution in [0, 0.1) is 11.6 Å². The molecule has 0 radical (unpaired) electrons. The predicted octanol–water partition coefficient (Wildman–Crippen LogP) is 1.75. The molecule has 4 heteroatoms. The summed E-state index contributed by atoms with van der Waals surface area (Å²) in [4.78, 5) is 0. The van der Waals surface area contributed by atoms with Crippen LogP contribution in [0.25, 0.3) is 0 Å². The van der Waals surface area contributed by atoms with E-state index in [2.05, 4.69) is 5.32 Å². The Kier molecular flexibility index (Phi) is 2.98. The molecular formula is C11H13F2NO. The molecule has 1 saturated heterocycles. The highest BCUT2D eigenvalue weighted by atomic mass is 19.1. The average molecular weight is 213 g/mol. The molecule has 1 aliphatic heterocycles. The summed E-state index contributed by atoms with van der Waals surface area (Å²) in [6.07, 6.45) is 0.660. The third-order valence-corrected chi connectivity index (χ3v) is 2.71. The second-order valence-electron chi connectivity index (χ2n) is 3.85. The van der Waals surface area contributed by atoms with Crippen molar-refractivity contribution in [3.8, 4) is 0 Å². The van der Waals surface area contributed by atoms with Gasteiger partial charge in [0.2, 0.25) is 0 Å². The fourth-order valence-corrected chi connectivity index (χ4v) is 1.92. The lowest BCUT2D eigenvalue weighted by Gasteiger charge is -2.27. The number of halogens is 2. The van der Waals surface area contributed by atoms with Gasteiger partial charge in [0.1, 0.15) is 11.6 Å². The van der Waals surface area contributed by atoms with Crippen LogP contribution in [-0.4, -0.2) is 17.8 Å². The van der Waals surface area contributed by atoms with Crippen molar-refractivity contribution in [3.63, 3.8) is 0 Å². The second-order valence-corrected chi connectivity index (χ2v) is 3.85. The Morgan fingerprint density at radius 3 is 2.87 bits per heavy atom. The largest absolute Gasteiger partial charge is 0.393 e. The minimum absolute atomic E-state index is 0.288. The molecule has 0 aromatic heterocycles. The van der Waals surface area contributed by atoms with Crippen molar-refractivity contribution in [3.05, 3.63) is 35.4 Å². The van der Waals surface area contributed by atoms with Crippen LogP contribution in [0.15, 0.2) is 18.2 Å². The molecule has 2 N–H and O–H groups in total. The molecular weight excluding hydrogens is 200 g/mol. The van der Waals surface area contributed by atoms with Crippen LogP contribution >= 0.6 is 0 Å². The van der Waals surface area contributed by atoms with Crippen molar-refractivity contribution >= 4 is 0 Å². The zero-order valence-electron chi connectivity index (χ0n) is 8.21. The molecule has 1 aromatic carbocycles. The zero-order valence-corrected chi connectivity index (χ0v) is 8.21. The van der Waals surface area contributed by atoms with Crippen LogP contribution in [0.4, 0.5) is 8.78 Å². The number of hydrogen-bond donors (Lipinski definition) is 2. The molecule has 15 heavy (non-hydrogen) atoms.